The van der Waals surface area contributed by atoms with Crippen molar-refractivity contribution < 1.29 is 22.3 Å². The van der Waals surface area contributed by atoms with Crippen molar-refractivity contribution >= 4 is 0 Å². The highest BCUT2D eigenvalue weighted by Gasteiger charge is 2.41. The predicted octanol–water partition coefficient (Wildman–Crippen LogP) is 2.25. The summed E-state index contributed by atoms with van der Waals surface area (Å²) in [6, 6.07) is 1.57. The van der Waals surface area contributed by atoms with Crippen molar-refractivity contribution in [2.75, 3.05) is 19.8 Å². The number of nitrogens with zero attached hydrogens (tertiary/aromatic N) is 2. The van der Waals surface area contributed by atoms with Crippen LogP contribution in [0.2, 0.25) is 0 Å². The Morgan fingerprint density at radius 3 is 2.67 bits per heavy atom. The van der Waals surface area contributed by atoms with Crippen LogP contribution in [-0.2, 0) is 18.2 Å². The standard InChI is InChI=1S/C13H21F4N3O/c1-3-5-18-11(7-10-4-6-20(2)19-10)8-21-9-13(16,17)12(14)15/h4,6,11-12,18H,3,5,7-9H2,1-2H3. The van der Waals surface area contributed by atoms with Gasteiger partial charge in [0.15, 0.2) is 0 Å². The first-order valence-electron chi connectivity index (χ1n) is 6.80. The van der Waals surface area contributed by atoms with Gasteiger partial charge >= 0.3 is 12.3 Å². The summed E-state index contributed by atoms with van der Waals surface area (Å²) in [5, 5.41) is 7.33. The summed E-state index contributed by atoms with van der Waals surface area (Å²) in [5.74, 6) is -4.11. The number of hydrogen-bond acceptors (Lipinski definition) is 3. The maximum Gasteiger partial charge on any atom is 0.330 e. The number of nitrogens with one attached hydrogen (secondary N) is 1. The Balaban J connectivity index is 2.46. The van der Waals surface area contributed by atoms with Crippen LogP contribution in [0.1, 0.15) is 19.0 Å². The molecule has 0 aromatic carbocycles. The van der Waals surface area contributed by atoms with Gasteiger partial charge in [-0.1, -0.05) is 6.92 Å². The Bertz CT molecular complexity index is 412. The van der Waals surface area contributed by atoms with Gasteiger partial charge in [0.2, 0.25) is 0 Å². The third-order valence-corrected chi connectivity index (χ3v) is 2.84. The molecule has 122 valence electrons. The molecular formula is C13H21F4N3O. The largest absolute Gasteiger partial charge is 0.373 e. The molecule has 1 atom stereocenters. The van der Waals surface area contributed by atoms with Crippen molar-refractivity contribution in [3.05, 3.63) is 18.0 Å². The van der Waals surface area contributed by atoms with Crippen molar-refractivity contribution in [2.45, 2.75) is 38.2 Å². The predicted molar refractivity (Wildman–Crippen MR) is 70.8 cm³/mol. The van der Waals surface area contributed by atoms with E-state index in [-0.39, 0.29) is 12.6 Å². The van der Waals surface area contributed by atoms with Gasteiger partial charge in [-0.3, -0.25) is 4.68 Å². The van der Waals surface area contributed by atoms with Crippen LogP contribution in [0, 0.1) is 0 Å². The number of rotatable bonds is 10. The van der Waals surface area contributed by atoms with E-state index in [1.807, 2.05) is 13.0 Å². The highest BCUT2D eigenvalue weighted by atomic mass is 19.3. The molecule has 0 fully saturated rings. The molecule has 1 heterocycles. The first-order chi connectivity index (χ1) is 9.85. The van der Waals surface area contributed by atoms with Gasteiger partial charge < -0.3 is 10.1 Å². The first-order valence-corrected chi connectivity index (χ1v) is 6.80. The lowest BCUT2D eigenvalue weighted by molar-refractivity contribution is -0.167. The monoisotopic (exact) mass is 311 g/mol. The fourth-order valence-corrected chi connectivity index (χ4v) is 1.76. The van der Waals surface area contributed by atoms with Crippen molar-refractivity contribution in [1.29, 1.82) is 0 Å². The first kappa shape index (κ1) is 17.9. The van der Waals surface area contributed by atoms with E-state index in [9.17, 15) is 17.6 Å². The van der Waals surface area contributed by atoms with Crippen molar-refractivity contribution in [3.8, 4) is 0 Å². The third kappa shape index (κ3) is 6.43. The van der Waals surface area contributed by atoms with Gasteiger partial charge in [-0.25, -0.2) is 8.78 Å². The highest BCUT2D eigenvalue weighted by molar-refractivity contribution is 5.01. The van der Waals surface area contributed by atoms with Crippen LogP contribution in [0.4, 0.5) is 17.6 Å². The number of aryl methyl sites for hydroxylation is 1. The van der Waals surface area contributed by atoms with E-state index in [2.05, 4.69) is 10.4 Å². The summed E-state index contributed by atoms with van der Waals surface area (Å²) in [6.45, 7) is 1.30. The van der Waals surface area contributed by atoms with Crippen LogP contribution < -0.4 is 5.32 Å². The summed E-state index contributed by atoms with van der Waals surface area (Å²) in [6.07, 6.45) is -0.583. The second-order valence-corrected chi connectivity index (χ2v) is 4.91. The van der Waals surface area contributed by atoms with E-state index >= 15 is 0 Å². The van der Waals surface area contributed by atoms with Gasteiger partial charge in [-0.05, 0) is 19.0 Å². The molecule has 4 nitrogen and oxygen atoms in total. The molecule has 0 bridgehead atoms. The van der Waals surface area contributed by atoms with Crippen molar-refractivity contribution in [3.63, 3.8) is 0 Å². The molecule has 0 saturated carbocycles. The minimum absolute atomic E-state index is 0.0706. The Morgan fingerprint density at radius 2 is 2.14 bits per heavy atom. The van der Waals surface area contributed by atoms with E-state index in [4.69, 9.17) is 4.74 Å². The minimum atomic E-state index is -4.11. The van der Waals surface area contributed by atoms with Crippen LogP contribution in [0.15, 0.2) is 12.3 Å². The molecule has 0 spiro atoms. The molecular weight excluding hydrogens is 290 g/mol. The van der Waals surface area contributed by atoms with Gasteiger partial charge in [0.1, 0.15) is 6.61 Å². The SMILES string of the molecule is CCCNC(COCC(F)(F)C(F)F)Cc1ccn(C)n1. The highest BCUT2D eigenvalue weighted by Crippen LogP contribution is 2.22. The van der Waals surface area contributed by atoms with E-state index in [0.717, 1.165) is 12.1 Å². The zero-order chi connectivity index (χ0) is 15.9. The average Bonchev–Trinajstić information content (AvgIpc) is 2.80. The molecule has 0 amide bonds. The number of aromatic nitrogens is 2. The lowest BCUT2D eigenvalue weighted by atomic mass is 10.1. The fraction of sp³-hybridized carbons (Fsp3) is 0.769. The smallest absolute Gasteiger partial charge is 0.330 e. The quantitative estimate of drug-likeness (QED) is 0.674. The summed E-state index contributed by atoms with van der Waals surface area (Å²) in [4.78, 5) is 0. The number of halogens is 4. The van der Waals surface area contributed by atoms with E-state index in [1.54, 1.807) is 17.9 Å². The molecule has 1 aromatic heterocycles. The topological polar surface area (TPSA) is 39.1 Å². The molecule has 0 aliphatic rings. The summed E-state index contributed by atoms with van der Waals surface area (Å²) >= 11 is 0. The van der Waals surface area contributed by atoms with Crippen molar-refractivity contribution in [1.82, 2.24) is 15.1 Å². The Labute approximate surface area is 121 Å². The maximum absolute atomic E-state index is 12.8. The molecule has 0 aliphatic heterocycles. The van der Waals surface area contributed by atoms with Gasteiger partial charge in [-0.15, -0.1) is 0 Å². The van der Waals surface area contributed by atoms with Gasteiger partial charge in [-0.2, -0.15) is 13.9 Å². The maximum atomic E-state index is 12.8. The normalized spacial score (nSPS) is 13.9. The third-order valence-electron chi connectivity index (χ3n) is 2.84. The lowest BCUT2D eigenvalue weighted by Gasteiger charge is -2.20. The van der Waals surface area contributed by atoms with E-state index in [0.29, 0.717) is 13.0 Å². The molecule has 0 saturated heterocycles. The van der Waals surface area contributed by atoms with Crippen LogP contribution in [0.3, 0.4) is 0 Å². The van der Waals surface area contributed by atoms with Gasteiger partial charge in [0.25, 0.3) is 0 Å². The Hall–Kier alpha value is -1.15. The van der Waals surface area contributed by atoms with Gasteiger partial charge in [0.05, 0.1) is 12.3 Å². The molecule has 21 heavy (non-hydrogen) atoms. The second kappa shape index (κ2) is 8.33. The van der Waals surface area contributed by atoms with Crippen LogP contribution in [0.5, 0.6) is 0 Å². The Morgan fingerprint density at radius 1 is 1.43 bits per heavy atom. The average molecular weight is 311 g/mol. The van der Waals surface area contributed by atoms with Crippen LogP contribution >= 0.6 is 0 Å². The second-order valence-electron chi connectivity index (χ2n) is 4.91. The van der Waals surface area contributed by atoms with Crippen LogP contribution in [-0.4, -0.2) is 47.9 Å². The van der Waals surface area contributed by atoms with E-state index < -0.39 is 19.0 Å². The molecule has 0 radical (unpaired) electrons. The summed E-state index contributed by atoms with van der Waals surface area (Å²) < 4.78 is 56.0. The summed E-state index contributed by atoms with van der Waals surface area (Å²) in [5.41, 5.74) is 0.787. The molecule has 0 aliphatic carbocycles. The molecule has 1 N–H and O–H groups in total. The molecule has 1 aromatic rings. The molecule has 1 unspecified atom stereocenters. The van der Waals surface area contributed by atoms with Crippen LogP contribution in [0.25, 0.3) is 0 Å². The zero-order valence-corrected chi connectivity index (χ0v) is 12.2. The zero-order valence-electron chi connectivity index (χ0n) is 12.2. The fourth-order valence-electron chi connectivity index (χ4n) is 1.76. The number of ether oxygens (including phenoxy) is 1. The Kier molecular flexibility index (Phi) is 7.10. The van der Waals surface area contributed by atoms with Gasteiger partial charge in [0, 0.05) is 25.7 Å². The molecule has 8 heteroatoms. The van der Waals surface area contributed by atoms with Crippen molar-refractivity contribution in [2.24, 2.45) is 7.05 Å². The lowest BCUT2D eigenvalue weighted by Crippen LogP contribution is -2.39. The number of hydrogen-bond donors (Lipinski definition) is 1. The summed E-state index contributed by atoms with van der Waals surface area (Å²) in [7, 11) is 1.78. The number of alkyl halides is 4. The molecule has 1 rings (SSSR count). The minimum Gasteiger partial charge on any atom is -0.373 e. The van der Waals surface area contributed by atoms with E-state index in [1.165, 1.54) is 0 Å².